The monoisotopic (exact) mass is 257 g/mol. The van der Waals surface area contributed by atoms with E-state index in [1.54, 1.807) is 0 Å². The predicted molar refractivity (Wildman–Crippen MR) is 71.1 cm³/mol. The van der Waals surface area contributed by atoms with Gasteiger partial charge in [0.1, 0.15) is 0 Å². The Kier molecular flexibility index (Phi) is 7.28. The van der Waals surface area contributed by atoms with Crippen LogP contribution in [0.25, 0.3) is 0 Å². The largest absolute Gasteiger partial charge is 0.465 e. The Morgan fingerprint density at radius 2 is 2.06 bits per heavy atom. The molecule has 18 heavy (non-hydrogen) atoms. The van der Waals surface area contributed by atoms with Gasteiger partial charge in [-0.25, -0.2) is 0 Å². The maximum atomic E-state index is 11.7. The quantitative estimate of drug-likeness (QED) is 0.708. The third-order valence-electron chi connectivity index (χ3n) is 3.41. The van der Waals surface area contributed by atoms with Crippen LogP contribution in [-0.2, 0) is 14.3 Å². The van der Waals surface area contributed by atoms with Gasteiger partial charge >= 0.3 is 5.97 Å². The maximum absolute atomic E-state index is 11.7. The molecule has 0 aromatic carbocycles. The van der Waals surface area contributed by atoms with Crippen molar-refractivity contribution in [3.8, 4) is 0 Å². The zero-order chi connectivity index (χ0) is 13.4. The van der Waals surface area contributed by atoms with E-state index in [0.717, 1.165) is 32.5 Å². The highest BCUT2D eigenvalue weighted by Crippen LogP contribution is 2.17. The number of carbonyl (C=O) groups excluding carboxylic acids is 1. The summed E-state index contributed by atoms with van der Waals surface area (Å²) in [7, 11) is 0. The second-order valence-electron chi connectivity index (χ2n) is 5.67. The van der Waals surface area contributed by atoms with Gasteiger partial charge in [0, 0.05) is 19.6 Å². The molecule has 2 N–H and O–H groups in total. The van der Waals surface area contributed by atoms with Crippen molar-refractivity contribution >= 4 is 5.97 Å². The van der Waals surface area contributed by atoms with E-state index in [9.17, 15) is 4.79 Å². The summed E-state index contributed by atoms with van der Waals surface area (Å²) in [6, 6.07) is 0. The Hall–Kier alpha value is -0.610. The van der Waals surface area contributed by atoms with Crippen LogP contribution in [0, 0.1) is 17.8 Å². The Bertz CT molecular complexity index is 237. The van der Waals surface area contributed by atoms with Gasteiger partial charge in [-0.15, -0.1) is 0 Å². The third-order valence-corrected chi connectivity index (χ3v) is 3.41. The second kappa shape index (κ2) is 8.48. The lowest BCUT2D eigenvalue weighted by atomic mass is 9.94. The van der Waals surface area contributed by atoms with E-state index >= 15 is 0 Å². The summed E-state index contributed by atoms with van der Waals surface area (Å²) < 4.78 is 10.6. The zero-order valence-electron chi connectivity index (χ0n) is 11.7. The second-order valence-corrected chi connectivity index (χ2v) is 5.67. The summed E-state index contributed by atoms with van der Waals surface area (Å²) in [6.45, 7) is 6.99. The Balaban J connectivity index is 2.18. The summed E-state index contributed by atoms with van der Waals surface area (Å²) in [5.41, 5.74) is 5.68. The van der Waals surface area contributed by atoms with E-state index in [-0.39, 0.29) is 11.9 Å². The first kappa shape index (κ1) is 15.4. The van der Waals surface area contributed by atoms with Crippen LogP contribution in [0.2, 0.25) is 0 Å². The molecule has 0 amide bonds. The average Bonchev–Trinajstić information content (AvgIpc) is 2.36. The van der Waals surface area contributed by atoms with Gasteiger partial charge in [-0.1, -0.05) is 13.8 Å². The zero-order valence-corrected chi connectivity index (χ0v) is 11.7. The molecule has 0 aliphatic carbocycles. The molecule has 0 saturated carbocycles. The van der Waals surface area contributed by atoms with E-state index in [4.69, 9.17) is 15.2 Å². The van der Waals surface area contributed by atoms with Crippen molar-refractivity contribution < 1.29 is 14.3 Å². The molecule has 4 nitrogen and oxygen atoms in total. The van der Waals surface area contributed by atoms with Gasteiger partial charge in [0.2, 0.25) is 0 Å². The van der Waals surface area contributed by atoms with Gasteiger partial charge in [-0.05, 0) is 43.6 Å². The Morgan fingerprint density at radius 3 is 2.61 bits per heavy atom. The van der Waals surface area contributed by atoms with Gasteiger partial charge < -0.3 is 15.2 Å². The predicted octanol–water partition coefficient (Wildman–Crippen LogP) is 1.97. The first-order chi connectivity index (χ1) is 8.61. The summed E-state index contributed by atoms with van der Waals surface area (Å²) in [5, 5.41) is 0. The molecule has 4 heteroatoms. The average molecular weight is 257 g/mol. The molecule has 0 aromatic heterocycles. The van der Waals surface area contributed by atoms with E-state index in [1.165, 1.54) is 0 Å². The molecule has 1 heterocycles. The molecule has 0 radical (unpaired) electrons. The van der Waals surface area contributed by atoms with Crippen LogP contribution in [0.3, 0.4) is 0 Å². The van der Waals surface area contributed by atoms with Crippen molar-refractivity contribution in [2.75, 3.05) is 26.4 Å². The van der Waals surface area contributed by atoms with E-state index in [0.29, 0.717) is 31.4 Å². The molecule has 0 bridgehead atoms. The van der Waals surface area contributed by atoms with Crippen molar-refractivity contribution in [3.63, 3.8) is 0 Å². The first-order valence-corrected chi connectivity index (χ1v) is 7.05. The van der Waals surface area contributed by atoms with Crippen molar-refractivity contribution in [1.82, 2.24) is 0 Å². The highest BCUT2D eigenvalue weighted by Gasteiger charge is 2.18. The minimum absolute atomic E-state index is 0.0995. The van der Waals surface area contributed by atoms with Crippen LogP contribution in [0.1, 0.15) is 39.5 Å². The summed E-state index contributed by atoms with van der Waals surface area (Å²) in [4.78, 5) is 11.7. The van der Waals surface area contributed by atoms with Gasteiger partial charge in [0.25, 0.3) is 0 Å². The van der Waals surface area contributed by atoms with Crippen LogP contribution >= 0.6 is 0 Å². The molecular formula is C14H27NO3. The smallest absolute Gasteiger partial charge is 0.306 e. The lowest BCUT2D eigenvalue weighted by Gasteiger charge is -2.22. The fourth-order valence-corrected chi connectivity index (χ4v) is 2.35. The molecule has 0 unspecified atom stereocenters. The lowest BCUT2D eigenvalue weighted by Crippen LogP contribution is -2.24. The normalized spacial score (nSPS) is 18.9. The van der Waals surface area contributed by atoms with Crippen molar-refractivity contribution in [2.24, 2.45) is 23.5 Å². The van der Waals surface area contributed by atoms with Crippen LogP contribution in [-0.4, -0.2) is 32.3 Å². The van der Waals surface area contributed by atoms with E-state index in [2.05, 4.69) is 13.8 Å². The van der Waals surface area contributed by atoms with Crippen molar-refractivity contribution in [1.29, 1.82) is 0 Å². The lowest BCUT2D eigenvalue weighted by molar-refractivity contribution is -0.147. The number of carbonyl (C=O) groups is 1. The fourth-order valence-electron chi connectivity index (χ4n) is 2.35. The van der Waals surface area contributed by atoms with E-state index in [1.807, 2.05) is 0 Å². The first-order valence-electron chi connectivity index (χ1n) is 7.05. The Morgan fingerprint density at radius 1 is 1.39 bits per heavy atom. The van der Waals surface area contributed by atoms with Gasteiger partial charge in [0.05, 0.1) is 6.61 Å². The van der Waals surface area contributed by atoms with Crippen LogP contribution in [0.5, 0.6) is 0 Å². The highest BCUT2D eigenvalue weighted by atomic mass is 16.5. The van der Waals surface area contributed by atoms with Crippen molar-refractivity contribution in [3.05, 3.63) is 0 Å². The molecular weight excluding hydrogens is 230 g/mol. The number of esters is 1. The minimum Gasteiger partial charge on any atom is -0.465 e. The van der Waals surface area contributed by atoms with Crippen LogP contribution < -0.4 is 5.73 Å². The summed E-state index contributed by atoms with van der Waals surface area (Å²) in [6.07, 6.45) is 3.44. The maximum Gasteiger partial charge on any atom is 0.306 e. The fraction of sp³-hybridized carbons (Fsp3) is 0.929. The molecule has 1 fully saturated rings. The minimum atomic E-state index is -0.0995. The molecule has 106 valence electrons. The van der Waals surface area contributed by atoms with Gasteiger partial charge in [-0.3, -0.25) is 4.79 Å². The summed E-state index contributed by atoms with van der Waals surface area (Å²) in [5.74, 6) is 1.20. The third kappa shape index (κ3) is 6.36. The Labute approximate surface area is 110 Å². The number of nitrogens with two attached hydrogens (primary N) is 1. The van der Waals surface area contributed by atoms with Gasteiger partial charge in [-0.2, -0.15) is 0 Å². The molecule has 1 atom stereocenters. The number of hydrogen-bond donors (Lipinski definition) is 1. The SMILES string of the molecule is CC(C)C[C@H](CN)CC(=O)OCC1CCOCC1. The number of hydrogen-bond acceptors (Lipinski definition) is 4. The molecule has 1 rings (SSSR count). The number of rotatable bonds is 7. The van der Waals surface area contributed by atoms with Crippen molar-refractivity contribution in [2.45, 2.75) is 39.5 Å². The molecule has 0 spiro atoms. The summed E-state index contributed by atoms with van der Waals surface area (Å²) >= 11 is 0. The topological polar surface area (TPSA) is 61.6 Å². The standard InChI is InChI=1S/C14H27NO3/c1-11(2)7-13(9-15)8-14(16)18-10-12-3-5-17-6-4-12/h11-13H,3-10,15H2,1-2H3/t13-/m0/s1. The molecule has 0 aromatic rings. The van der Waals surface area contributed by atoms with Crippen LogP contribution in [0.15, 0.2) is 0 Å². The molecule has 1 saturated heterocycles. The van der Waals surface area contributed by atoms with Gasteiger partial charge in [0.15, 0.2) is 0 Å². The number of ether oxygens (including phenoxy) is 2. The highest BCUT2D eigenvalue weighted by molar-refractivity contribution is 5.69. The van der Waals surface area contributed by atoms with Crippen LogP contribution in [0.4, 0.5) is 0 Å². The molecule has 1 aliphatic heterocycles. The van der Waals surface area contributed by atoms with E-state index < -0.39 is 0 Å². The molecule has 1 aliphatic rings.